The highest BCUT2D eigenvalue weighted by atomic mass is 32.1. The van der Waals surface area contributed by atoms with E-state index in [0.29, 0.717) is 47.0 Å². The van der Waals surface area contributed by atoms with E-state index in [2.05, 4.69) is 12.0 Å². The van der Waals surface area contributed by atoms with Crippen molar-refractivity contribution >= 4 is 34.2 Å². The normalized spacial score (nSPS) is 14.5. The number of carbonyl (C=O) groups excluding carboxylic acids is 2. The number of amides is 1. The molecule has 174 valence electrons. The molecule has 1 amide bonds. The van der Waals surface area contributed by atoms with Crippen LogP contribution in [0.4, 0.5) is 0 Å². The summed E-state index contributed by atoms with van der Waals surface area (Å²) in [6, 6.07) is 15.4. The molecule has 0 spiro atoms. The monoisotopic (exact) mass is 474 g/mol. The summed E-state index contributed by atoms with van der Waals surface area (Å²) < 4.78 is 7.28. The molecule has 0 bridgehead atoms. The smallest absolute Gasteiger partial charge is 0.339 e. The minimum absolute atomic E-state index is 0.152. The van der Waals surface area contributed by atoms with Gasteiger partial charge in [0.15, 0.2) is 12.3 Å². The Morgan fingerprint density at radius 2 is 1.88 bits per heavy atom. The lowest BCUT2D eigenvalue weighted by Crippen LogP contribution is -2.40. The quantitative estimate of drug-likeness (QED) is 0.386. The minimum Gasteiger partial charge on any atom is -0.452 e. The number of pyridine rings is 1. The number of aromatic nitrogens is 3. The Morgan fingerprint density at radius 1 is 1.12 bits per heavy atom. The maximum absolute atomic E-state index is 13.3. The molecule has 0 unspecified atom stereocenters. The van der Waals surface area contributed by atoms with Gasteiger partial charge in [-0.1, -0.05) is 31.2 Å². The molecule has 1 aliphatic heterocycles. The number of piperidine rings is 1. The fourth-order valence-electron chi connectivity index (χ4n) is 4.30. The van der Waals surface area contributed by atoms with Gasteiger partial charge >= 0.3 is 5.97 Å². The van der Waals surface area contributed by atoms with Crippen molar-refractivity contribution in [1.82, 2.24) is 19.7 Å². The first-order valence-corrected chi connectivity index (χ1v) is 12.3. The zero-order valence-electron chi connectivity index (χ0n) is 19.2. The maximum Gasteiger partial charge on any atom is 0.339 e. The predicted octanol–water partition coefficient (Wildman–Crippen LogP) is 4.87. The molecular formula is C26H26N4O3S. The zero-order valence-corrected chi connectivity index (χ0v) is 20.0. The molecule has 7 nitrogen and oxygen atoms in total. The molecule has 4 heterocycles. The average molecular weight is 475 g/mol. The van der Waals surface area contributed by atoms with E-state index in [1.165, 1.54) is 0 Å². The molecule has 1 fully saturated rings. The second-order valence-corrected chi connectivity index (χ2v) is 9.65. The number of ether oxygens (including phenoxy) is 1. The van der Waals surface area contributed by atoms with Crippen molar-refractivity contribution in [2.45, 2.75) is 26.7 Å². The van der Waals surface area contributed by atoms with Crippen LogP contribution in [0.3, 0.4) is 0 Å². The van der Waals surface area contributed by atoms with Gasteiger partial charge in [0.25, 0.3) is 5.91 Å². The highest BCUT2D eigenvalue weighted by Gasteiger charge is 2.25. The van der Waals surface area contributed by atoms with Crippen LogP contribution in [0.15, 0.2) is 53.9 Å². The van der Waals surface area contributed by atoms with Gasteiger partial charge in [0.2, 0.25) is 0 Å². The van der Waals surface area contributed by atoms with Crippen LogP contribution in [0.5, 0.6) is 0 Å². The molecule has 3 aromatic heterocycles. The third-order valence-corrected chi connectivity index (χ3v) is 7.16. The molecule has 1 aliphatic rings. The lowest BCUT2D eigenvalue weighted by Gasteiger charge is -2.30. The molecular weight excluding hydrogens is 448 g/mol. The van der Waals surface area contributed by atoms with Gasteiger partial charge in [-0.05, 0) is 55.3 Å². The van der Waals surface area contributed by atoms with Crippen LogP contribution in [-0.2, 0) is 9.53 Å². The van der Waals surface area contributed by atoms with Gasteiger partial charge in [-0.3, -0.25) is 4.79 Å². The lowest BCUT2D eigenvalue weighted by atomic mass is 9.99. The van der Waals surface area contributed by atoms with E-state index in [1.54, 1.807) is 27.0 Å². The van der Waals surface area contributed by atoms with Gasteiger partial charge in [0.1, 0.15) is 0 Å². The number of rotatable bonds is 5. The number of aryl methyl sites for hydroxylation is 1. The lowest BCUT2D eigenvalue weighted by molar-refractivity contribution is -0.135. The van der Waals surface area contributed by atoms with E-state index in [1.807, 2.05) is 54.8 Å². The summed E-state index contributed by atoms with van der Waals surface area (Å²) in [5, 5.41) is 7.28. The summed E-state index contributed by atoms with van der Waals surface area (Å²) in [5.41, 5.74) is 3.14. The molecule has 0 N–H and O–H groups in total. The summed E-state index contributed by atoms with van der Waals surface area (Å²) >= 11 is 1.55. The Morgan fingerprint density at radius 3 is 2.59 bits per heavy atom. The first-order valence-electron chi connectivity index (χ1n) is 11.5. The molecule has 5 rings (SSSR count). The second kappa shape index (κ2) is 9.38. The highest BCUT2D eigenvalue weighted by Crippen LogP contribution is 2.31. The van der Waals surface area contributed by atoms with Crippen molar-refractivity contribution in [3.05, 3.63) is 65.2 Å². The van der Waals surface area contributed by atoms with E-state index in [9.17, 15) is 9.59 Å². The fourth-order valence-corrected chi connectivity index (χ4v) is 4.99. The number of carbonyl (C=O) groups is 2. The van der Waals surface area contributed by atoms with Gasteiger partial charge in [0, 0.05) is 13.1 Å². The Bertz CT molecular complexity index is 1320. The highest BCUT2D eigenvalue weighted by molar-refractivity contribution is 7.13. The van der Waals surface area contributed by atoms with E-state index >= 15 is 0 Å². The average Bonchev–Trinajstić information content (AvgIpc) is 3.51. The number of thiophene rings is 1. The maximum atomic E-state index is 13.3. The summed E-state index contributed by atoms with van der Waals surface area (Å²) in [5.74, 6) is -0.0723. The fraction of sp³-hybridized carbons (Fsp3) is 0.308. The Labute approximate surface area is 202 Å². The van der Waals surface area contributed by atoms with Crippen LogP contribution in [0.1, 0.15) is 35.8 Å². The first-order chi connectivity index (χ1) is 16.5. The Balaban J connectivity index is 1.50. The van der Waals surface area contributed by atoms with Crippen LogP contribution in [0.2, 0.25) is 0 Å². The van der Waals surface area contributed by atoms with Gasteiger partial charge in [-0.2, -0.15) is 5.10 Å². The van der Waals surface area contributed by atoms with E-state index in [0.717, 1.165) is 23.4 Å². The number of hydrogen-bond acceptors (Lipinski definition) is 6. The van der Waals surface area contributed by atoms with Crippen LogP contribution in [0, 0.1) is 12.8 Å². The third-order valence-electron chi connectivity index (χ3n) is 6.27. The number of likely N-dealkylation sites (tertiary alicyclic amines) is 1. The largest absolute Gasteiger partial charge is 0.452 e. The number of para-hydroxylation sites is 1. The molecule has 0 saturated carbocycles. The standard InChI is InChI=1S/C26H26N4O3S/c1-17-10-12-29(13-11-17)23(31)16-33-26(32)20-15-21(22-9-6-14-34-22)27-25-24(20)18(2)28-30(25)19-7-4-3-5-8-19/h3-9,14-15,17H,10-13,16H2,1-2H3. The molecule has 0 radical (unpaired) electrons. The van der Waals surface area contributed by atoms with Crippen LogP contribution in [0.25, 0.3) is 27.3 Å². The van der Waals surface area contributed by atoms with Gasteiger partial charge in [0.05, 0.1) is 32.9 Å². The van der Waals surface area contributed by atoms with Crippen molar-refractivity contribution < 1.29 is 14.3 Å². The van der Waals surface area contributed by atoms with Gasteiger partial charge < -0.3 is 9.64 Å². The van der Waals surface area contributed by atoms with Crippen molar-refractivity contribution in [2.75, 3.05) is 19.7 Å². The van der Waals surface area contributed by atoms with Crippen LogP contribution in [-0.4, -0.2) is 51.2 Å². The first kappa shape index (κ1) is 22.3. The van der Waals surface area contributed by atoms with E-state index in [-0.39, 0.29) is 12.5 Å². The van der Waals surface area contributed by atoms with Crippen molar-refractivity contribution in [3.63, 3.8) is 0 Å². The zero-order chi connectivity index (χ0) is 23.7. The van der Waals surface area contributed by atoms with Crippen molar-refractivity contribution in [2.24, 2.45) is 5.92 Å². The molecule has 1 saturated heterocycles. The molecule has 34 heavy (non-hydrogen) atoms. The third kappa shape index (κ3) is 4.33. The van der Waals surface area contributed by atoms with Gasteiger partial charge in [-0.15, -0.1) is 11.3 Å². The number of fused-ring (bicyclic) bond motifs is 1. The number of benzene rings is 1. The number of hydrogen-bond donors (Lipinski definition) is 0. The summed E-state index contributed by atoms with van der Waals surface area (Å²) in [6.07, 6.45) is 1.96. The molecule has 0 aliphatic carbocycles. The summed E-state index contributed by atoms with van der Waals surface area (Å²) in [6.45, 7) is 5.20. The Hall–Kier alpha value is -3.52. The Kier molecular flexibility index (Phi) is 6.15. The SMILES string of the molecule is Cc1nn(-c2ccccc2)c2nc(-c3cccs3)cc(C(=O)OCC(=O)N3CCC(C)CC3)c12. The van der Waals surface area contributed by atoms with E-state index < -0.39 is 5.97 Å². The molecule has 1 aromatic carbocycles. The molecule has 0 atom stereocenters. The number of esters is 1. The topological polar surface area (TPSA) is 77.3 Å². The molecule has 8 heteroatoms. The van der Waals surface area contributed by atoms with Crippen LogP contribution >= 0.6 is 11.3 Å². The predicted molar refractivity (Wildman–Crippen MR) is 132 cm³/mol. The minimum atomic E-state index is -0.542. The van der Waals surface area contributed by atoms with Crippen molar-refractivity contribution in [1.29, 1.82) is 0 Å². The summed E-state index contributed by atoms with van der Waals surface area (Å²) in [4.78, 5) is 33.5. The molecule has 4 aromatic rings. The van der Waals surface area contributed by atoms with Crippen LogP contribution < -0.4 is 0 Å². The van der Waals surface area contributed by atoms with Gasteiger partial charge in [-0.25, -0.2) is 14.5 Å². The summed E-state index contributed by atoms with van der Waals surface area (Å²) in [7, 11) is 0. The van der Waals surface area contributed by atoms with Crippen molar-refractivity contribution in [3.8, 4) is 16.3 Å². The second-order valence-electron chi connectivity index (χ2n) is 8.70. The van der Waals surface area contributed by atoms with E-state index in [4.69, 9.17) is 9.72 Å². The number of nitrogens with zero attached hydrogens (tertiary/aromatic N) is 4.